The molecule has 0 radical (unpaired) electrons. The highest BCUT2D eigenvalue weighted by molar-refractivity contribution is 6.36. The van der Waals surface area contributed by atoms with E-state index in [9.17, 15) is 9.59 Å². The Morgan fingerprint density at radius 1 is 1.06 bits per heavy atom. The van der Waals surface area contributed by atoms with Crippen LogP contribution in [0.4, 0.5) is 17.4 Å². The maximum Gasteiger partial charge on any atom is 0.320 e. The second-order valence-corrected chi connectivity index (χ2v) is 8.99. The number of benzene rings is 1. The number of methoxy groups -OCH3 is 1. The van der Waals surface area contributed by atoms with E-state index in [4.69, 9.17) is 48.7 Å². The zero-order valence-electron chi connectivity index (χ0n) is 18.4. The summed E-state index contributed by atoms with van der Waals surface area (Å²) >= 11 is 18.3. The maximum atomic E-state index is 12.5. The number of hydrogen-bond acceptors (Lipinski definition) is 9. The summed E-state index contributed by atoms with van der Waals surface area (Å²) in [6, 6.07) is 6.30. The van der Waals surface area contributed by atoms with Gasteiger partial charge >= 0.3 is 23.8 Å². The van der Waals surface area contributed by atoms with Crippen molar-refractivity contribution in [2.45, 2.75) is 31.8 Å². The molecule has 0 aliphatic heterocycles. The molecule has 10 nitrogen and oxygen atoms in total. The van der Waals surface area contributed by atoms with Gasteiger partial charge in [-0.15, -0.1) is 5.10 Å². The van der Waals surface area contributed by atoms with E-state index in [-0.39, 0.29) is 40.8 Å². The molecule has 1 saturated carbocycles. The van der Waals surface area contributed by atoms with Crippen LogP contribution in [0.1, 0.15) is 36.4 Å². The highest BCUT2D eigenvalue weighted by Gasteiger charge is 2.28. The van der Waals surface area contributed by atoms with Crippen LogP contribution in [0, 0.1) is 5.92 Å². The van der Waals surface area contributed by atoms with Crippen molar-refractivity contribution in [1.29, 1.82) is 0 Å². The van der Waals surface area contributed by atoms with E-state index in [0.717, 1.165) is 0 Å². The van der Waals surface area contributed by atoms with Crippen molar-refractivity contribution in [3.63, 3.8) is 0 Å². The minimum Gasteiger partial charge on any atom is -0.473 e. The van der Waals surface area contributed by atoms with Crippen LogP contribution in [0.2, 0.25) is 15.1 Å². The van der Waals surface area contributed by atoms with Crippen LogP contribution in [0.25, 0.3) is 0 Å². The number of nitrogens with zero attached hydrogens (tertiary/aromatic N) is 3. The Morgan fingerprint density at radius 3 is 2.51 bits per heavy atom. The van der Waals surface area contributed by atoms with Gasteiger partial charge in [0, 0.05) is 5.02 Å². The normalized spacial score (nSPS) is 17.5. The van der Waals surface area contributed by atoms with E-state index >= 15 is 0 Å². The summed E-state index contributed by atoms with van der Waals surface area (Å²) in [6.45, 7) is 0. The first-order chi connectivity index (χ1) is 16.8. The minimum atomic E-state index is -0.652. The molecule has 4 rings (SSSR count). The average Bonchev–Trinajstić information content (AvgIpc) is 3.31. The largest absolute Gasteiger partial charge is 0.473 e. The summed E-state index contributed by atoms with van der Waals surface area (Å²) in [5.74, 6) is -0.991. The number of carbonyl (C=O) groups excluding carboxylic acids is 2. The van der Waals surface area contributed by atoms with Crippen molar-refractivity contribution >= 4 is 64.1 Å². The predicted molar refractivity (Wildman–Crippen MR) is 130 cm³/mol. The summed E-state index contributed by atoms with van der Waals surface area (Å²) in [5.41, 5.74) is 0.798. The smallest absolute Gasteiger partial charge is 0.320 e. The van der Waals surface area contributed by atoms with Gasteiger partial charge in [0.2, 0.25) is 5.88 Å². The van der Waals surface area contributed by atoms with Crippen molar-refractivity contribution in [2.24, 2.45) is 5.92 Å². The van der Waals surface area contributed by atoms with E-state index < -0.39 is 5.91 Å². The van der Waals surface area contributed by atoms with Crippen LogP contribution in [-0.4, -0.2) is 40.3 Å². The third kappa shape index (κ3) is 6.33. The molecule has 35 heavy (non-hydrogen) atoms. The highest BCUT2D eigenvalue weighted by Crippen LogP contribution is 2.32. The second kappa shape index (κ2) is 11.1. The molecule has 0 atom stereocenters. The van der Waals surface area contributed by atoms with Gasteiger partial charge in [0.25, 0.3) is 0 Å². The molecule has 1 aliphatic rings. The Morgan fingerprint density at radius 2 is 1.83 bits per heavy atom. The van der Waals surface area contributed by atoms with E-state index in [0.29, 0.717) is 47.1 Å². The molecule has 2 N–H and O–H groups in total. The monoisotopic (exact) mass is 539 g/mol. The Balaban J connectivity index is 1.33. The predicted octanol–water partition coefficient (Wildman–Crippen LogP) is 5.53. The lowest BCUT2D eigenvalue weighted by Gasteiger charge is -2.27. The third-order valence-electron chi connectivity index (χ3n) is 5.34. The average molecular weight is 541 g/mol. The second-order valence-electron chi connectivity index (χ2n) is 7.74. The van der Waals surface area contributed by atoms with Gasteiger partial charge in [-0.3, -0.25) is 9.59 Å². The number of pyridine rings is 1. The number of ether oxygens (including phenoxy) is 2. The SMILES string of the molecule is COC(=O)C1CCC(Oc2ncc(NC(=O)c3nnc(Nc4ccc(Cl)cc4Cl)o3)cc2Cl)CC1. The van der Waals surface area contributed by atoms with Gasteiger partial charge in [0.05, 0.1) is 35.6 Å². The molecule has 0 bridgehead atoms. The Kier molecular flexibility index (Phi) is 7.94. The molecule has 1 aliphatic carbocycles. The van der Waals surface area contributed by atoms with Crippen LogP contribution in [0.3, 0.4) is 0 Å². The van der Waals surface area contributed by atoms with E-state index in [1.165, 1.54) is 19.4 Å². The molecule has 1 fully saturated rings. The first-order valence-electron chi connectivity index (χ1n) is 10.6. The molecule has 2 aromatic heterocycles. The number of halogens is 3. The Hall–Kier alpha value is -3.08. The van der Waals surface area contributed by atoms with E-state index in [1.807, 2.05) is 0 Å². The number of esters is 1. The fourth-order valence-electron chi connectivity index (χ4n) is 3.58. The summed E-state index contributed by atoms with van der Waals surface area (Å²) in [4.78, 5) is 28.4. The zero-order valence-corrected chi connectivity index (χ0v) is 20.7. The van der Waals surface area contributed by atoms with Crippen molar-refractivity contribution in [1.82, 2.24) is 15.2 Å². The van der Waals surface area contributed by atoms with Gasteiger partial charge in [-0.25, -0.2) is 4.98 Å². The molecule has 2 heterocycles. The molecule has 1 amide bonds. The highest BCUT2D eigenvalue weighted by atomic mass is 35.5. The number of nitrogens with one attached hydrogen (secondary N) is 2. The molecular weight excluding hydrogens is 521 g/mol. The molecular formula is C22H20Cl3N5O5. The minimum absolute atomic E-state index is 0.0267. The third-order valence-corrected chi connectivity index (χ3v) is 6.16. The van der Waals surface area contributed by atoms with Crippen LogP contribution in [0.5, 0.6) is 5.88 Å². The summed E-state index contributed by atoms with van der Waals surface area (Å²) in [5, 5.41) is 14.0. The summed E-state index contributed by atoms with van der Waals surface area (Å²) in [7, 11) is 1.39. The quantitative estimate of drug-likeness (QED) is 0.372. The van der Waals surface area contributed by atoms with Crippen LogP contribution < -0.4 is 15.4 Å². The van der Waals surface area contributed by atoms with Gasteiger partial charge < -0.3 is 24.5 Å². The molecule has 0 spiro atoms. The number of rotatable bonds is 7. The maximum absolute atomic E-state index is 12.5. The fourth-order valence-corrected chi connectivity index (χ4v) is 4.24. The molecule has 3 aromatic rings. The molecule has 184 valence electrons. The van der Waals surface area contributed by atoms with Crippen molar-refractivity contribution < 1.29 is 23.5 Å². The molecule has 0 saturated heterocycles. The number of hydrogen-bond donors (Lipinski definition) is 2. The van der Waals surface area contributed by atoms with Crippen molar-refractivity contribution in [2.75, 3.05) is 17.7 Å². The van der Waals surface area contributed by atoms with Gasteiger partial charge in [0.15, 0.2) is 0 Å². The van der Waals surface area contributed by atoms with Crippen LogP contribution >= 0.6 is 34.8 Å². The lowest BCUT2D eigenvalue weighted by molar-refractivity contribution is -0.147. The van der Waals surface area contributed by atoms with Gasteiger partial charge in [-0.05, 0) is 49.9 Å². The molecule has 13 heteroatoms. The fraction of sp³-hybridized carbons (Fsp3) is 0.318. The molecule has 0 unspecified atom stereocenters. The standard InChI is InChI=1S/C22H20Cl3N5O5/c1-33-21(32)11-2-5-14(6-3-11)34-19-16(25)9-13(10-26-19)27-18(31)20-29-30-22(35-20)28-17-7-4-12(23)8-15(17)24/h4,7-11,14H,2-3,5-6H2,1H3,(H,27,31)(H,28,30). The lowest BCUT2D eigenvalue weighted by atomic mass is 9.87. The number of anilines is 3. The van der Waals surface area contributed by atoms with Crippen LogP contribution in [0.15, 0.2) is 34.9 Å². The number of aromatic nitrogens is 3. The number of amides is 1. The topological polar surface area (TPSA) is 128 Å². The van der Waals surface area contributed by atoms with Gasteiger partial charge in [0.1, 0.15) is 11.1 Å². The van der Waals surface area contributed by atoms with E-state index in [1.54, 1.807) is 18.2 Å². The van der Waals surface area contributed by atoms with Crippen molar-refractivity contribution in [3.8, 4) is 5.88 Å². The van der Waals surface area contributed by atoms with E-state index in [2.05, 4.69) is 25.8 Å². The molecule has 1 aromatic carbocycles. The Bertz CT molecular complexity index is 1230. The zero-order chi connectivity index (χ0) is 24.9. The van der Waals surface area contributed by atoms with Gasteiger partial charge in [-0.1, -0.05) is 39.9 Å². The summed E-state index contributed by atoms with van der Waals surface area (Å²) < 4.78 is 16.0. The number of carbonyl (C=O) groups is 2. The van der Waals surface area contributed by atoms with Gasteiger partial charge in [-0.2, -0.15) is 0 Å². The van der Waals surface area contributed by atoms with Crippen molar-refractivity contribution in [3.05, 3.63) is 51.4 Å². The van der Waals surface area contributed by atoms with Crippen LogP contribution in [-0.2, 0) is 9.53 Å². The Labute approximate surface area is 215 Å². The first kappa shape index (κ1) is 25.0. The summed E-state index contributed by atoms with van der Waals surface area (Å²) in [6.07, 6.45) is 4.01. The lowest BCUT2D eigenvalue weighted by Crippen LogP contribution is -2.28. The first-order valence-corrected chi connectivity index (χ1v) is 11.7.